The first-order chi connectivity index (χ1) is 9.58. The van der Waals surface area contributed by atoms with Crippen LogP contribution in [-0.4, -0.2) is 30.4 Å². The van der Waals surface area contributed by atoms with Crippen molar-refractivity contribution in [2.75, 3.05) is 13.6 Å². The number of likely N-dealkylation sites (N-methyl/N-ethyl adjacent to an activating group) is 1. The fraction of sp³-hybridized carbons (Fsp3) is 0.467. The lowest BCUT2D eigenvalue weighted by Gasteiger charge is -2.27. The highest BCUT2D eigenvalue weighted by Crippen LogP contribution is 2.34. The average Bonchev–Trinajstić information content (AvgIpc) is 2.99. The second kappa shape index (κ2) is 4.59. The Balaban J connectivity index is 2.07. The van der Waals surface area contributed by atoms with Gasteiger partial charge in [0.15, 0.2) is 0 Å². The van der Waals surface area contributed by atoms with Crippen molar-refractivity contribution in [3.63, 3.8) is 0 Å². The number of fused-ring (bicyclic) bond motifs is 1. The van der Waals surface area contributed by atoms with Crippen LogP contribution in [0.1, 0.15) is 29.5 Å². The lowest BCUT2D eigenvalue weighted by atomic mass is 9.85. The predicted molar refractivity (Wildman–Crippen MR) is 75.1 cm³/mol. The van der Waals surface area contributed by atoms with Gasteiger partial charge in [0.05, 0.1) is 0 Å². The minimum Gasteiger partial charge on any atom is -0.330 e. The predicted octanol–water partition coefficient (Wildman–Crippen LogP) is 0.901. The minimum atomic E-state index is -0.988. The van der Waals surface area contributed by atoms with E-state index in [4.69, 9.17) is 5.73 Å². The van der Waals surface area contributed by atoms with Gasteiger partial charge in [-0.25, -0.2) is 4.79 Å². The van der Waals surface area contributed by atoms with E-state index in [0.717, 1.165) is 29.7 Å². The highest BCUT2D eigenvalue weighted by Gasteiger charge is 2.50. The van der Waals surface area contributed by atoms with Gasteiger partial charge in [0.2, 0.25) is 0 Å². The summed E-state index contributed by atoms with van der Waals surface area (Å²) >= 11 is 0. The summed E-state index contributed by atoms with van der Waals surface area (Å²) in [4.78, 5) is 25.5. The standard InChI is InChI=1S/C15H19N3O2/c1-18-13(19)15(7-8-16,17-14(18)20)12-6-5-10-3-2-4-11(10)9-12/h5-6,9H,2-4,7-8,16H2,1H3,(H,17,20). The average molecular weight is 273 g/mol. The Bertz CT molecular complexity index is 584. The minimum absolute atomic E-state index is 0.217. The number of nitrogens with two attached hydrogens (primary N) is 1. The molecule has 20 heavy (non-hydrogen) atoms. The molecule has 0 saturated carbocycles. The molecular formula is C15H19N3O2. The van der Waals surface area contributed by atoms with Crippen molar-refractivity contribution in [1.29, 1.82) is 0 Å². The fourth-order valence-electron chi connectivity index (χ4n) is 3.26. The maximum Gasteiger partial charge on any atom is 0.325 e. The molecule has 1 atom stereocenters. The summed E-state index contributed by atoms with van der Waals surface area (Å²) in [6, 6.07) is 5.74. The van der Waals surface area contributed by atoms with Crippen LogP contribution in [0, 0.1) is 0 Å². The second-order valence-electron chi connectivity index (χ2n) is 5.58. The molecule has 5 nitrogen and oxygen atoms in total. The van der Waals surface area contributed by atoms with Crippen LogP contribution in [-0.2, 0) is 23.2 Å². The third-order valence-corrected chi connectivity index (χ3v) is 4.41. The number of amides is 3. The smallest absolute Gasteiger partial charge is 0.325 e. The molecule has 0 bridgehead atoms. The van der Waals surface area contributed by atoms with Crippen molar-refractivity contribution in [1.82, 2.24) is 10.2 Å². The summed E-state index contributed by atoms with van der Waals surface area (Å²) in [6.45, 7) is 0.344. The molecule has 0 aromatic heterocycles. The first kappa shape index (κ1) is 13.1. The van der Waals surface area contributed by atoms with E-state index in [0.29, 0.717) is 13.0 Å². The lowest BCUT2D eigenvalue weighted by Crippen LogP contribution is -2.45. The third kappa shape index (κ3) is 1.73. The number of hydrogen-bond acceptors (Lipinski definition) is 3. The number of benzene rings is 1. The van der Waals surface area contributed by atoms with Crippen LogP contribution in [0.4, 0.5) is 4.79 Å². The van der Waals surface area contributed by atoms with Crippen molar-refractivity contribution in [2.45, 2.75) is 31.2 Å². The summed E-state index contributed by atoms with van der Waals surface area (Å²) in [6.07, 6.45) is 3.71. The van der Waals surface area contributed by atoms with Crippen LogP contribution < -0.4 is 11.1 Å². The van der Waals surface area contributed by atoms with E-state index in [9.17, 15) is 9.59 Å². The van der Waals surface area contributed by atoms with Crippen LogP contribution in [0.5, 0.6) is 0 Å². The number of carbonyl (C=O) groups is 2. The zero-order chi connectivity index (χ0) is 14.3. The van der Waals surface area contributed by atoms with Gasteiger partial charge in [0, 0.05) is 7.05 Å². The van der Waals surface area contributed by atoms with Gasteiger partial charge < -0.3 is 11.1 Å². The maximum absolute atomic E-state index is 12.5. The number of nitrogens with zero attached hydrogens (tertiary/aromatic N) is 1. The number of nitrogens with one attached hydrogen (secondary N) is 1. The molecule has 1 aliphatic carbocycles. The molecule has 1 saturated heterocycles. The molecule has 1 aromatic carbocycles. The summed E-state index contributed by atoms with van der Waals surface area (Å²) in [5.41, 5.74) is 8.18. The number of rotatable bonds is 3. The molecule has 3 amide bonds. The Labute approximate surface area is 118 Å². The normalized spacial score (nSPS) is 25.0. The first-order valence-corrected chi connectivity index (χ1v) is 7.01. The van der Waals surface area contributed by atoms with Crippen molar-refractivity contribution in [3.8, 4) is 0 Å². The molecule has 1 aliphatic heterocycles. The number of carbonyl (C=O) groups excluding carboxylic acids is 2. The lowest BCUT2D eigenvalue weighted by molar-refractivity contribution is -0.130. The summed E-state index contributed by atoms with van der Waals surface area (Å²) in [5, 5.41) is 2.83. The van der Waals surface area contributed by atoms with E-state index in [2.05, 4.69) is 17.4 Å². The van der Waals surface area contributed by atoms with Gasteiger partial charge in [-0.1, -0.05) is 18.2 Å². The fourth-order valence-corrected chi connectivity index (χ4v) is 3.26. The van der Waals surface area contributed by atoms with Crippen molar-refractivity contribution in [3.05, 3.63) is 34.9 Å². The Morgan fingerprint density at radius 3 is 2.70 bits per heavy atom. The Hall–Kier alpha value is -1.88. The molecule has 0 spiro atoms. The van der Waals surface area contributed by atoms with Gasteiger partial charge in [0.1, 0.15) is 5.54 Å². The van der Waals surface area contributed by atoms with Gasteiger partial charge >= 0.3 is 6.03 Å². The van der Waals surface area contributed by atoms with Crippen LogP contribution >= 0.6 is 0 Å². The Morgan fingerprint density at radius 1 is 1.30 bits per heavy atom. The third-order valence-electron chi connectivity index (χ3n) is 4.41. The van der Waals surface area contributed by atoms with Gasteiger partial charge in [-0.05, 0) is 48.9 Å². The number of imide groups is 1. The topological polar surface area (TPSA) is 75.4 Å². The molecule has 1 unspecified atom stereocenters. The van der Waals surface area contributed by atoms with E-state index < -0.39 is 5.54 Å². The molecular weight excluding hydrogens is 254 g/mol. The van der Waals surface area contributed by atoms with Crippen molar-refractivity contribution >= 4 is 11.9 Å². The molecule has 1 heterocycles. The Morgan fingerprint density at radius 2 is 2.05 bits per heavy atom. The molecule has 3 N–H and O–H groups in total. The van der Waals surface area contributed by atoms with E-state index in [-0.39, 0.29) is 11.9 Å². The summed E-state index contributed by atoms with van der Waals surface area (Å²) in [5.74, 6) is -0.217. The second-order valence-corrected chi connectivity index (χ2v) is 5.58. The van der Waals surface area contributed by atoms with E-state index >= 15 is 0 Å². The maximum atomic E-state index is 12.5. The zero-order valence-electron chi connectivity index (χ0n) is 11.6. The largest absolute Gasteiger partial charge is 0.330 e. The molecule has 0 radical (unpaired) electrons. The highest BCUT2D eigenvalue weighted by molar-refractivity contribution is 6.07. The zero-order valence-corrected chi connectivity index (χ0v) is 11.6. The van der Waals surface area contributed by atoms with E-state index in [1.165, 1.54) is 18.2 Å². The van der Waals surface area contributed by atoms with Gasteiger partial charge in [-0.3, -0.25) is 9.69 Å². The van der Waals surface area contributed by atoms with Crippen LogP contribution in [0.15, 0.2) is 18.2 Å². The monoisotopic (exact) mass is 273 g/mol. The van der Waals surface area contributed by atoms with Crippen molar-refractivity contribution in [2.24, 2.45) is 5.73 Å². The van der Waals surface area contributed by atoms with Crippen LogP contribution in [0.25, 0.3) is 0 Å². The highest BCUT2D eigenvalue weighted by atomic mass is 16.2. The van der Waals surface area contributed by atoms with Gasteiger partial charge in [0.25, 0.3) is 5.91 Å². The molecule has 2 aliphatic rings. The summed E-state index contributed by atoms with van der Waals surface area (Å²) in [7, 11) is 1.50. The quantitative estimate of drug-likeness (QED) is 0.803. The van der Waals surface area contributed by atoms with Crippen LogP contribution in [0.3, 0.4) is 0 Å². The van der Waals surface area contributed by atoms with Gasteiger partial charge in [-0.2, -0.15) is 0 Å². The molecule has 1 aromatic rings. The molecule has 5 heteroatoms. The Kier molecular flexibility index (Phi) is 3.01. The molecule has 3 rings (SSSR count). The van der Waals surface area contributed by atoms with E-state index in [1.807, 2.05) is 6.07 Å². The molecule has 106 valence electrons. The van der Waals surface area contributed by atoms with Crippen molar-refractivity contribution < 1.29 is 9.59 Å². The number of aryl methyl sites for hydroxylation is 2. The molecule has 1 fully saturated rings. The van der Waals surface area contributed by atoms with Gasteiger partial charge in [-0.15, -0.1) is 0 Å². The first-order valence-electron chi connectivity index (χ1n) is 7.01. The summed E-state index contributed by atoms with van der Waals surface area (Å²) < 4.78 is 0. The van der Waals surface area contributed by atoms with Crippen LogP contribution in [0.2, 0.25) is 0 Å². The van der Waals surface area contributed by atoms with E-state index in [1.54, 1.807) is 0 Å². The number of urea groups is 1. The number of hydrogen-bond donors (Lipinski definition) is 2. The SMILES string of the molecule is CN1C(=O)NC(CCN)(c2ccc3c(c2)CCC3)C1=O.